The predicted octanol–water partition coefficient (Wildman–Crippen LogP) is 3.31. The predicted molar refractivity (Wildman–Crippen MR) is 107 cm³/mol. The van der Waals surface area contributed by atoms with Crippen molar-refractivity contribution < 1.29 is 23.8 Å². The minimum Gasteiger partial charge on any atom is -0.487 e. The number of carbonyl (C=O) groups is 2. The minimum atomic E-state index is -0.395. The Hall–Kier alpha value is -3.10. The van der Waals surface area contributed by atoms with Crippen LogP contribution < -0.4 is 10.1 Å². The lowest BCUT2D eigenvalue weighted by atomic mass is 10.1. The fraction of sp³-hybridized carbons (Fsp3) is 0.190. The normalized spacial score (nSPS) is 16.1. The molecule has 1 aliphatic heterocycles. The summed E-state index contributed by atoms with van der Waals surface area (Å²) in [5, 5.41) is 11.1. The Kier molecular flexibility index (Phi) is 5.64. The minimum absolute atomic E-state index is 0.154. The highest BCUT2D eigenvalue weighted by Crippen LogP contribution is 2.25. The maximum Gasteiger partial charge on any atom is 0.286 e. The first-order valence-electron chi connectivity index (χ1n) is 9.00. The molecule has 1 aliphatic rings. The third kappa shape index (κ3) is 4.49. The lowest BCUT2D eigenvalue weighted by Gasteiger charge is -2.08. The van der Waals surface area contributed by atoms with Gasteiger partial charge in [-0.3, -0.25) is 14.9 Å². The molecule has 1 atom stereocenters. The molecule has 29 heavy (non-hydrogen) atoms. The number of aliphatic hydroxyl groups is 1. The van der Waals surface area contributed by atoms with E-state index in [9.17, 15) is 14.7 Å². The van der Waals surface area contributed by atoms with Crippen molar-refractivity contribution in [1.82, 2.24) is 10.3 Å². The van der Waals surface area contributed by atoms with Gasteiger partial charge in [0.2, 0.25) is 11.8 Å². The van der Waals surface area contributed by atoms with Crippen LogP contribution in [0.4, 0.5) is 4.79 Å². The smallest absolute Gasteiger partial charge is 0.286 e. The summed E-state index contributed by atoms with van der Waals surface area (Å²) in [5.41, 5.74) is 2.29. The van der Waals surface area contributed by atoms with E-state index in [1.54, 1.807) is 12.1 Å². The summed E-state index contributed by atoms with van der Waals surface area (Å²) in [6.07, 6.45) is 0.473. The van der Waals surface area contributed by atoms with Crippen LogP contribution in [0.1, 0.15) is 17.0 Å². The number of nitrogens with one attached hydrogen (secondary N) is 1. The number of rotatable bonds is 7. The van der Waals surface area contributed by atoms with E-state index in [0.717, 1.165) is 22.9 Å². The Labute approximate surface area is 171 Å². The zero-order chi connectivity index (χ0) is 20.2. The van der Waals surface area contributed by atoms with Crippen molar-refractivity contribution in [3.63, 3.8) is 0 Å². The Bertz CT molecular complexity index is 1020. The van der Waals surface area contributed by atoms with Gasteiger partial charge in [-0.2, -0.15) is 0 Å². The number of nitrogens with zero attached hydrogens (tertiary/aromatic N) is 1. The van der Waals surface area contributed by atoms with Crippen molar-refractivity contribution >= 4 is 22.9 Å². The number of thioether (sulfide) groups is 1. The molecular formula is C21H18N2O5S. The topological polar surface area (TPSA) is 102 Å². The molecule has 0 aliphatic carbocycles. The molecule has 0 spiro atoms. The molecule has 1 aromatic heterocycles. The number of aliphatic hydroxyl groups excluding tert-OH is 1. The summed E-state index contributed by atoms with van der Waals surface area (Å²) in [7, 11) is 0. The number of aromatic nitrogens is 1. The monoisotopic (exact) mass is 410 g/mol. The number of benzene rings is 2. The molecule has 148 valence electrons. The average molecular weight is 410 g/mol. The molecule has 2 amide bonds. The van der Waals surface area contributed by atoms with Gasteiger partial charge in [-0.05, 0) is 36.2 Å². The third-order valence-corrected chi connectivity index (χ3v) is 5.41. The van der Waals surface area contributed by atoms with Gasteiger partial charge in [0, 0.05) is 5.56 Å². The molecule has 1 fully saturated rings. The van der Waals surface area contributed by atoms with Crippen LogP contribution in [0.25, 0.3) is 11.5 Å². The molecule has 2 heterocycles. The molecule has 2 aromatic carbocycles. The van der Waals surface area contributed by atoms with Gasteiger partial charge in [0.1, 0.15) is 24.7 Å². The van der Waals surface area contributed by atoms with E-state index in [-0.39, 0.29) is 24.4 Å². The fourth-order valence-corrected chi connectivity index (χ4v) is 3.80. The molecular weight excluding hydrogens is 392 g/mol. The second-order valence-electron chi connectivity index (χ2n) is 6.43. The standard InChI is InChI=1S/C21H18N2O5S/c24-11-17-16(22-20(28-17)14-4-2-1-3-5-14)12-27-15-8-6-13(7-9-15)10-18-19(25)23-21(26)29-18/h1-9,18,24H,10-12H2,(H,23,25,26). The number of imide groups is 1. The van der Waals surface area contributed by atoms with Crippen molar-refractivity contribution in [3.8, 4) is 17.2 Å². The van der Waals surface area contributed by atoms with Gasteiger partial charge in [-0.1, -0.05) is 42.1 Å². The number of oxazole rings is 1. The average Bonchev–Trinajstić information content (AvgIpc) is 3.30. The van der Waals surface area contributed by atoms with E-state index in [1.165, 1.54) is 0 Å². The maximum atomic E-state index is 11.7. The van der Waals surface area contributed by atoms with Crippen LogP contribution in [0.5, 0.6) is 5.75 Å². The van der Waals surface area contributed by atoms with E-state index in [0.29, 0.717) is 29.5 Å². The molecule has 0 saturated carbocycles. The van der Waals surface area contributed by atoms with Gasteiger partial charge in [0.25, 0.3) is 5.24 Å². The van der Waals surface area contributed by atoms with E-state index in [1.807, 2.05) is 42.5 Å². The van der Waals surface area contributed by atoms with Crippen LogP contribution in [0.3, 0.4) is 0 Å². The van der Waals surface area contributed by atoms with Crippen LogP contribution in [-0.4, -0.2) is 26.5 Å². The highest BCUT2D eigenvalue weighted by Gasteiger charge is 2.31. The van der Waals surface area contributed by atoms with Gasteiger partial charge in [0.15, 0.2) is 5.76 Å². The largest absolute Gasteiger partial charge is 0.487 e. The first kappa shape index (κ1) is 19.2. The summed E-state index contributed by atoms with van der Waals surface area (Å²) in [6, 6.07) is 16.8. The number of amides is 2. The summed E-state index contributed by atoms with van der Waals surface area (Å²) in [4.78, 5) is 27.4. The van der Waals surface area contributed by atoms with Crippen molar-refractivity contribution in [3.05, 3.63) is 71.6 Å². The molecule has 0 bridgehead atoms. The van der Waals surface area contributed by atoms with Crippen LogP contribution >= 0.6 is 11.8 Å². The lowest BCUT2D eigenvalue weighted by Crippen LogP contribution is -2.25. The van der Waals surface area contributed by atoms with E-state index >= 15 is 0 Å². The first-order chi connectivity index (χ1) is 14.1. The van der Waals surface area contributed by atoms with Gasteiger partial charge in [-0.25, -0.2) is 4.98 Å². The Morgan fingerprint density at radius 1 is 1.10 bits per heavy atom. The van der Waals surface area contributed by atoms with Crippen molar-refractivity contribution in [1.29, 1.82) is 0 Å². The van der Waals surface area contributed by atoms with Gasteiger partial charge in [0.05, 0.1) is 5.25 Å². The maximum absolute atomic E-state index is 11.7. The van der Waals surface area contributed by atoms with Gasteiger partial charge < -0.3 is 14.3 Å². The number of hydrogen-bond donors (Lipinski definition) is 2. The summed E-state index contributed by atoms with van der Waals surface area (Å²) in [6.45, 7) is -0.113. The highest BCUT2D eigenvalue weighted by molar-refractivity contribution is 8.15. The van der Waals surface area contributed by atoms with E-state index in [2.05, 4.69) is 10.3 Å². The van der Waals surface area contributed by atoms with Crippen molar-refractivity contribution in [2.75, 3.05) is 0 Å². The summed E-state index contributed by atoms with van der Waals surface area (Å²) >= 11 is 1.01. The second kappa shape index (κ2) is 8.50. The summed E-state index contributed by atoms with van der Waals surface area (Å²) < 4.78 is 11.4. The summed E-state index contributed by atoms with van der Waals surface area (Å²) in [5.74, 6) is 1.18. The zero-order valence-electron chi connectivity index (χ0n) is 15.3. The van der Waals surface area contributed by atoms with E-state index in [4.69, 9.17) is 9.15 Å². The zero-order valence-corrected chi connectivity index (χ0v) is 16.1. The second-order valence-corrected chi connectivity index (χ2v) is 7.61. The molecule has 4 rings (SSSR count). The number of carbonyl (C=O) groups excluding carboxylic acids is 2. The molecule has 2 N–H and O–H groups in total. The van der Waals surface area contributed by atoms with Crippen LogP contribution in [0, 0.1) is 0 Å². The van der Waals surface area contributed by atoms with Crippen LogP contribution in [-0.2, 0) is 24.4 Å². The molecule has 1 unspecified atom stereocenters. The molecule has 3 aromatic rings. The van der Waals surface area contributed by atoms with Gasteiger partial charge in [-0.15, -0.1) is 0 Å². The lowest BCUT2D eigenvalue weighted by molar-refractivity contribution is -0.118. The molecule has 8 heteroatoms. The Morgan fingerprint density at radius 3 is 2.52 bits per heavy atom. The molecule has 7 nitrogen and oxygen atoms in total. The van der Waals surface area contributed by atoms with E-state index < -0.39 is 5.25 Å². The number of ether oxygens (including phenoxy) is 1. The first-order valence-corrected chi connectivity index (χ1v) is 9.88. The quantitative estimate of drug-likeness (QED) is 0.616. The molecule has 1 saturated heterocycles. The van der Waals surface area contributed by atoms with Crippen LogP contribution in [0.15, 0.2) is 59.0 Å². The van der Waals surface area contributed by atoms with Crippen molar-refractivity contribution in [2.24, 2.45) is 0 Å². The van der Waals surface area contributed by atoms with Gasteiger partial charge >= 0.3 is 0 Å². The Morgan fingerprint density at radius 2 is 1.86 bits per heavy atom. The van der Waals surface area contributed by atoms with Crippen LogP contribution in [0.2, 0.25) is 0 Å². The Balaban J connectivity index is 1.40. The molecule has 0 radical (unpaired) electrons. The fourth-order valence-electron chi connectivity index (χ4n) is 2.94. The third-order valence-electron chi connectivity index (χ3n) is 4.43. The SMILES string of the molecule is O=C1NC(=O)C(Cc2ccc(OCc3nc(-c4ccccc4)oc3CO)cc2)S1. The number of hydrogen-bond acceptors (Lipinski definition) is 7. The van der Waals surface area contributed by atoms with Crippen molar-refractivity contribution in [2.45, 2.75) is 24.9 Å². The highest BCUT2D eigenvalue weighted by atomic mass is 32.2.